The summed E-state index contributed by atoms with van der Waals surface area (Å²) in [7, 11) is 0. The molecule has 1 aromatic carbocycles. The first-order chi connectivity index (χ1) is 12.4. The van der Waals surface area contributed by atoms with Gasteiger partial charge in [-0.15, -0.1) is 0 Å². The minimum absolute atomic E-state index is 0.0274. The van der Waals surface area contributed by atoms with Crippen molar-refractivity contribution >= 4 is 27.9 Å². The van der Waals surface area contributed by atoms with E-state index in [1.165, 1.54) is 0 Å². The van der Waals surface area contributed by atoms with Gasteiger partial charge in [-0.25, -0.2) is 0 Å². The van der Waals surface area contributed by atoms with Gasteiger partial charge in [0, 0.05) is 11.9 Å². The van der Waals surface area contributed by atoms with Crippen LogP contribution in [0.2, 0.25) is 0 Å². The number of hydrogen-bond acceptors (Lipinski definition) is 5. The van der Waals surface area contributed by atoms with Crippen LogP contribution in [0.1, 0.15) is 47.1 Å². The summed E-state index contributed by atoms with van der Waals surface area (Å²) in [5.74, 6) is -0.694. The number of carbonyl (C=O) groups is 2. The van der Waals surface area contributed by atoms with Crippen LogP contribution in [0, 0.1) is 0 Å². The van der Waals surface area contributed by atoms with Gasteiger partial charge in [0.1, 0.15) is 17.2 Å². The van der Waals surface area contributed by atoms with Crippen LogP contribution in [0.5, 0.6) is 0 Å². The molecule has 0 aliphatic carbocycles. The number of hydrogen-bond donors (Lipinski definition) is 0. The fourth-order valence-corrected chi connectivity index (χ4v) is 3.02. The van der Waals surface area contributed by atoms with E-state index < -0.39 is 17.2 Å². The Morgan fingerprint density at radius 2 is 1.56 bits per heavy atom. The molecule has 5 nitrogen and oxygen atoms in total. The van der Waals surface area contributed by atoms with Crippen molar-refractivity contribution in [1.29, 1.82) is 0 Å². The zero-order chi connectivity index (χ0) is 20.7. The highest BCUT2D eigenvalue weighted by Gasteiger charge is 2.32. The van der Waals surface area contributed by atoms with E-state index >= 15 is 0 Å². The summed E-state index contributed by atoms with van der Waals surface area (Å²) in [4.78, 5) is 27.1. The lowest BCUT2D eigenvalue weighted by Gasteiger charge is -2.32. The fourth-order valence-electron chi connectivity index (χ4n) is 2.56. The van der Waals surface area contributed by atoms with Gasteiger partial charge in [0.05, 0.1) is 6.54 Å². The highest BCUT2D eigenvalue weighted by atomic mass is 79.9. The molecular formula is C21H32BrNO4. The van der Waals surface area contributed by atoms with Crippen molar-refractivity contribution in [3.63, 3.8) is 0 Å². The van der Waals surface area contributed by atoms with Crippen LogP contribution in [-0.2, 0) is 25.5 Å². The SMILES string of the molecule is CC(C)(C)OC(=O)CN(CCBr)[C@@H](Cc1ccccc1)C(=O)OC(C)(C)C. The van der Waals surface area contributed by atoms with Gasteiger partial charge in [-0.05, 0) is 53.5 Å². The second kappa shape index (κ2) is 10.2. The summed E-state index contributed by atoms with van der Waals surface area (Å²) in [6.07, 6.45) is 0.464. The van der Waals surface area contributed by atoms with E-state index in [4.69, 9.17) is 9.47 Å². The molecule has 0 heterocycles. The topological polar surface area (TPSA) is 55.8 Å². The molecule has 1 rings (SSSR count). The van der Waals surface area contributed by atoms with Gasteiger partial charge in [0.25, 0.3) is 0 Å². The third-order valence-corrected chi connectivity index (χ3v) is 3.87. The Labute approximate surface area is 171 Å². The predicted octanol–water partition coefficient (Wildman–Crippen LogP) is 3.98. The highest BCUT2D eigenvalue weighted by Crippen LogP contribution is 2.17. The summed E-state index contributed by atoms with van der Waals surface area (Å²) >= 11 is 3.42. The maximum atomic E-state index is 12.9. The van der Waals surface area contributed by atoms with Crippen LogP contribution in [0.4, 0.5) is 0 Å². The highest BCUT2D eigenvalue weighted by molar-refractivity contribution is 9.09. The molecule has 0 saturated carbocycles. The van der Waals surface area contributed by atoms with E-state index in [-0.39, 0.29) is 18.5 Å². The number of ether oxygens (including phenoxy) is 2. The number of esters is 2. The van der Waals surface area contributed by atoms with Crippen molar-refractivity contribution < 1.29 is 19.1 Å². The maximum absolute atomic E-state index is 12.9. The van der Waals surface area contributed by atoms with Crippen LogP contribution < -0.4 is 0 Å². The van der Waals surface area contributed by atoms with Gasteiger partial charge >= 0.3 is 11.9 Å². The molecule has 0 spiro atoms. The molecule has 0 aromatic heterocycles. The average Bonchev–Trinajstić information content (AvgIpc) is 2.49. The van der Waals surface area contributed by atoms with Crippen LogP contribution >= 0.6 is 15.9 Å². The monoisotopic (exact) mass is 441 g/mol. The number of carbonyl (C=O) groups excluding carboxylic acids is 2. The normalized spacial score (nSPS) is 13.3. The summed E-state index contributed by atoms with van der Waals surface area (Å²) in [6, 6.07) is 9.17. The lowest BCUT2D eigenvalue weighted by Crippen LogP contribution is -2.49. The van der Waals surface area contributed by atoms with E-state index in [2.05, 4.69) is 15.9 Å². The van der Waals surface area contributed by atoms with Crippen molar-refractivity contribution in [3.05, 3.63) is 35.9 Å². The van der Waals surface area contributed by atoms with Crippen molar-refractivity contribution in [3.8, 4) is 0 Å². The number of alkyl halides is 1. The molecular weight excluding hydrogens is 410 g/mol. The number of benzene rings is 1. The fraction of sp³-hybridized carbons (Fsp3) is 0.619. The smallest absolute Gasteiger partial charge is 0.324 e. The molecule has 0 N–H and O–H groups in total. The molecule has 0 radical (unpaired) electrons. The predicted molar refractivity (Wildman–Crippen MR) is 111 cm³/mol. The summed E-state index contributed by atoms with van der Waals surface area (Å²) in [5, 5.41) is 0.629. The van der Waals surface area contributed by atoms with Crippen molar-refractivity contribution in [2.24, 2.45) is 0 Å². The van der Waals surface area contributed by atoms with E-state index in [9.17, 15) is 9.59 Å². The molecule has 27 heavy (non-hydrogen) atoms. The maximum Gasteiger partial charge on any atom is 0.324 e. The Bertz CT molecular complexity index is 605. The number of halogens is 1. The van der Waals surface area contributed by atoms with Crippen LogP contribution in [0.25, 0.3) is 0 Å². The molecule has 1 atom stereocenters. The average molecular weight is 442 g/mol. The zero-order valence-electron chi connectivity index (χ0n) is 17.3. The second-order valence-corrected chi connectivity index (χ2v) is 9.28. The van der Waals surface area contributed by atoms with E-state index in [1.807, 2.05) is 76.8 Å². The first-order valence-electron chi connectivity index (χ1n) is 9.20. The summed E-state index contributed by atoms with van der Waals surface area (Å²) in [5.41, 5.74) is -0.159. The van der Waals surface area contributed by atoms with Crippen LogP contribution in [0.3, 0.4) is 0 Å². The quantitative estimate of drug-likeness (QED) is 0.450. The first-order valence-corrected chi connectivity index (χ1v) is 10.3. The molecule has 0 aliphatic rings. The Balaban J connectivity index is 3.05. The van der Waals surface area contributed by atoms with Crippen molar-refractivity contribution in [2.75, 3.05) is 18.4 Å². The van der Waals surface area contributed by atoms with Gasteiger partial charge in [0.15, 0.2) is 0 Å². The van der Waals surface area contributed by atoms with Crippen molar-refractivity contribution in [1.82, 2.24) is 4.90 Å². The second-order valence-electron chi connectivity index (χ2n) is 8.48. The lowest BCUT2D eigenvalue weighted by atomic mass is 10.0. The zero-order valence-corrected chi connectivity index (χ0v) is 18.8. The molecule has 152 valence electrons. The van der Waals surface area contributed by atoms with Crippen LogP contribution in [0.15, 0.2) is 30.3 Å². The molecule has 0 bridgehead atoms. The Morgan fingerprint density at radius 1 is 1.00 bits per heavy atom. The van der Waals surface area contributed by atoms with Gasteiger partial charge < -0.3 is 9.47 Å². The third-order valence-electron chi connectivity index (χ3n) is 3.52. The Morgan fingerprint density at radius 3 is 2.04 bits per heavy atom. The minimum atomic E-state index is -0.599. The largest absolute Gasteiger partial charge is 0.459 e. The molecule has 0 aliphatic heterocycles. The van der Waals surface area contributed by atoms with E-state index in [1.54, 1.807) is 0 Å². The third kappa shape index (κ3) is 9.91. The van der Waals surface area contributed by atoms with Gasteiger partial charge in [-0.1, -0.05) is 46.3 Å². The molecule has 0 amide bonds. The molecule has 6 heteroatoms. The Kier molecular flexibility index (Phi) is 8.95. The van der Waals surface area contributed by atoms with Gasteiger partial charge in [-0.3, -0.25) is 14.5 Å². The lowest BCUT2D eigenvalue weighted by molar-refractivity contribution is -0.164. The van der Waals surface area contributed by atoms with Crippen LogP contribution in [-0.4, -0.2) is 52.5 Å². The first kappa shape index (κ1) is 23.6. The molecule has 1 aromatic rings. The minimum Gasteiger partial charge on any atom is -0.459 e. The van der Waals surface area contributed by atoms with Gasteiger partial charge in [-0.2, -0.15) is 0 Å². The standard InChI is InChI=1S/C21H32BrNO4/c1-20(2,3)26-18(24)15-23(13-12-22)17(19(25)27-21(4,5)6)14-16-10-8-7-9-11-16/h7-11,17H,12-15H2,1-6H3/t17-/m0/s1. The van der Waals surface area contributed by atoms with E-state index in [0.717, 1.165) is 5.56 Å². The number of nitrogens with zero attached hydrogens (tertiary/aromatic N) is 1. The molecule has 0 saturated heterocycles. The summed E-state index contributed by atoms with van der Waals surface area (Å²) in [6.45, 7) is 11.6. The summed E-state index contributed by atoms with van der Waals surface area (Å²) < 4.78 is 11.1. The molecule has 0 unspecified atom stereocenters. The number of rotatable bonds is 8. The molecule has 0 fully saturated rings. The van der Waals surface area contributed by atoms with E-state index in [0.29, 0.717) is 18.3 Å². The van der Waals surface area contributed by atoms with Crippen molar-refractivity contribution in [2.45, 2.75) is 65.2 Å². The Hall–Kier alpha value is -1.40. The van der Waals surface area contributed by atoms with Gasteiger partial charge in [0.2, 0.25) is 0 Å².